The van der Waals surface area contributed by atoms with Gasteiger partial charge in [0.25, 0.3) is 5.91 Å². The topological polar surface area (TPSA) is 88.4 Å². The summed E-state index contributed by atoms with van der Waals surface area (Å²) in [4.78, 5) is 30.2. The summed E-state index contributed by atoms with van der Waals surface area (Å²) in [5.74, 6) is -0.611. The van der Waals surface area contributed by atoms with Crippen LogP contribution in [0.3, 0.4) is 0 Å². The predicted octanol–water partition coefficient (Wildman–Crippen LogP) is 5.74. The van der Waals surface area contributed by atoms with Gasteiger partial charge in [-0.15, -0.1) is 0 Å². The first-order valence-electron chi connectivity index (χ1n) is 11.1. The number of aliphatic imine (C=N–C) groups is 1. The molecule has 0 aromatic heterocycles. The van der Waals surface area contributed by atoms with Gasteiger partial charge < -0.3 is 14.6 Å². The van der Waals surface area contributed by atoms with Gasteiger partial charge in [0, 0.05) is 12.6 Å². The van der Waals surface area contributed by atoms with Crippen molar-refractivity contribution in [1.29, 1.82) is 0 Å². The molecule has 0 spiro atoms. The molecule has 0 bridgehead atoms. The van der Waals surface area contributed by atoms with Gasteiger partial charge in [-0.3, -0.25) is 9.69 Å². The summed E-state index contributed by atoms with van der Waals surface area (Å²) in [6, 6.07) is 17.8. The Hall–Kier alpha value is -4.11. The molecule has 0 unspecified atom stereocenters. The van der Waals surface area contributed by atoms with E-state index in [1.54, 1.807) is 61.7 Å². The van der Waals surface area contributed by atoms with Crippen LogP contribution in [0, 0.1) is 5.82 Å². The second-order valence-corrected chi connectivity index (χ2v) is 8.75. The number of thioether (sulfide) groups is 1. The van der Waals surface area contributed by atoms with E-state index < -0.39 is 5.97 Å². The highest BCUT2D eigenvalue weighted by Gasteiger charge is 2.30. The second-order valence-electron chi connectivity index (χ2n) is 7.74. The molecule has 184 valence electrons. The predicted molar refractivity (Wildman–Crippen MR) is 137 cm³/mol. The minimum absolute atomic E-state index is 0.0551. The highest BCUT2D eigenvalue weighted by Crippen LogP contribution is 2.35. The van der Waals surface area contributed by atoms with E-state index in [1.165, 1.54) is 34.9 Å². The van der Waals surface area contributed by atoms with Crippen molar-refractivity contribution >= 4 is 40.6 Å². The number of likely N-dealkylation sites (N-methyl/N-ethyl adjacent to an activating group) is 1. The number of amides is 1. The maximum Gasteiger partial charge on any atom is 0.335 e. The largest absolute Gasteiger partial charge is 0.490 e. The molecule has 4 rings (SSSR count). The van der Waals surface area contributed by atoms with Gasteiger partial charge in [0.2, 0.25) is 0 Å². The van der Waals surface area contributed by atoms with E-state index in [2.05, 4.69) is 4.99 Å². The molecule has 0 saturated carbocycles. The number of aromatic carboxylic acids is 1. The molecule has 3 aromatic rings. The molecule has 1 saturated heterocycles. The third-order valence-corrected chi connectivity index (χ3v) is 6.31. The average molecular weight is 507 g/mol. The molecular weight excluding hydrogens is 483 g/mol. The molecule has 1 fully saturated rings. The fourth-order valence-corrected chi connectivity index (χ4v) is 4.35. The first-order chi connectivity index (χ1) is 17.4. The smallest absolute Gasteiger partial charge is 0.335 e. The maximum atomic E-state index is 13.9. The van der Waals surface area contributed by atoms with Gasteiger partial charge in [0.15, 0.2) is 16.7 Å². The van der Waals surface area contributed by atoms with Crippen LogP contribution in [-0.4, -0.2) is 40.7 Å². The minimum Gasteiger partial charge on any atom is -0.490 e. The van der Waals surface area contributed by atoms with Crippen LogP contribution in [0.4, 0.5) is 10.1 Å². The van der Waals surface area contributed by atoms with Crippen molar-refractivity contribution in [2.24, 2.45) is 4.99 Å². The SMILES string of the molecule is CCOc1cc(C=C2SC(=Nc3ccc(C(=O)O)cc3)N(C)C2=O)ccc1OCc1ccccc1F. The van der Waals surface area contributed by atoms with Crippen molar-refractivity contribution in [1.82, 2.24) is 4.90 Å². The summed E-state index contributed by atoms with van der Waals surface area (Å²) >= 11 is 1.22. The number of halogens is 1. The van der Waals surface area contributed by atoms with Crippen molar-refractivity contribution in [3.63, 3.8) is 0 Å². The Morgan fingerprint density at radius 1 is 1.08 bits per heavy atom. The summed E-state index contributed by atoms with van der Waals surface area (Å²) in [5.41, 5.74) is 1.87. The normalized spacial score (nSPS) is 15.5. The monoisotopic (exact) mass is 506 g/mol. The summed E-state index contributed by atoms with van der Waals surface area (Å²) in [7, 11) is 1.63. The third kappa shape index (κ3) is 5.75. The molecule has 1 amide bonds. The zero-order valence-electron chi connectivity index (χ0n) is 19.6. The van der Waals surface area contributed by atoms with Crippen molar-refractivity contribution in [3.8, 4) is 11.5 Å². The molecule has 0 aliphatic carbocycles. The number of benzene rings is 3. The lowest BCUT2D eigenvalue weighted by Crippen LogP contribution is -2.23. The van der Waals surface area contributed by atoms with E-state index in [4.69, 9.17) is 14.6 Å². The van der Waals surface area contributed by atoms with Gasteiger partial charge in [-0.05, 0) is 72.8 Å². The number of carbonyl (C=O) groups excluding carboxylic acids is 1. The average Bonchev–Trinajstić information content (AvgIpc) is 3.12. The zero-order chi connectivity index (χ0) is 25.7. The van der Waals surface area contributed by atoms with Gasteiger partial charge in [0.05, 0.1) is 22.8 Å². The van der Waals surface area contributed by atoms with Crippen LogP contribution in [0.25, 0.3) is 6.08 Å². The molecular formula is C27H23FN2O5S. The Bertz CT molecular complexity index is 1350. The molecule has 7 nitrogen and oxygen atoms in total. The second kappa shape index (κ2) is 11.1. The molecule has 0 atom stereocenters. The number of nitrogens with zero attached hydrogens (tertiary/aromatic N) is 2. The van der Waals surface area contributed by atoms with Crippen molar-refractivity contribution < 1.29 is 28.6 Å². The van der Waals surface area contributed by atoms with E-state index in [0.717, 1.165) is 5.56 Å². The van der Waals surface area contributed by atoms with Crippen LogP contribution >= 0.6 is 11.8 Å². The summed E-state index contributed by atoms with van der Waals surface area (Å²) in [6.07, 6.45) is 1.74. The lowest BCUT2D eigenvalue weighted by Gasteiger charge is -2.13. The van der Waals surface area contributed by atoms with Gasteiger partial charge in [-0.2, -0.15) is 0 Å². The number of hydrogen-bond donors (Lipinski definition) is 1. The quantitative estimate of drug-likeness (QED) is 0.392. The summed E-state index contributed by atoms with van der Waals surface area (Å²) < 4.78 is 25.5. The minimum atomic E-state index is -1.02. The van der Waals surface area contributed by atoms with Crippen molar-refractivity contribution in [2.45, 2.75) is 13.5 Å². The van der Waals surface area contributed by atoms with E-state index in [9.17, 15) is 14.0 Å². The first kappa shape index (κ1) is 25.0. The number of ether oxygens (including phenoxy) is 2. The van der Waals surface area contributed by atoms with Gasteiger partial charge >= 0.3 is 5.97 Å². The van der Waals surface area contributed by atoms with Crippen LogP contribution in [0.1, 0.15) is 28.4 Å². The van der Waals surface area contributed by atoms with Crippen LogP contribution in [0.15, 0.2) is 76.6 Å². The van der Waals surface area contributed by atoms with Crippen LogP contribution in [0.5, 0.6) is 11.5 Å². The van der Waals surface area contributed by atoms with Crippen LogP contribution in [-0.2, 0) is 11.4 Å². The van der Waals surface area contributed by atoms with E-state index in [0.29, 0.717) is 39.4 Å². The third-order valence-electron chi connectivity index (χ3n) is 5.25. The van der Waals surface area contributed by atoms with E-state index in [1.807, 2.05) is 6.92 Å². The Morgan fingerprint density at radius 2 is 1.83 bits per heavy atom. The van der Waals surface area contributed by atoms with Gasteiger partial charge in [-0.1, -0.05) is 24.3 Å². The van der Waals surface area contributed by atoms with Crippen LogP contribution in [0.2, 0.25) is 0 Å². The van der Waals surface area contributed by atoms with Crippen LogP contribution < -0.4 is 9.47 Å². The molecule has 3 aromatic carbocycles. The van der Waals surface area contributed by atoms with E-state index >= 15 is 0 Å². The number of amidine groups is 1. The maximum absolute atomic E-state index is 13.9. The highest BCUT2D eigenvalue weighted by molar-refractivity contribution is 8.18. The zero-order valence-corrected chi connectivity index (χ0v) is 20.4. The molecule has 1 aliphatic rings. The van der Waals surface area contributed by atoms with Crippen molar-refractivity contribution in [3.05, 3.63) is 94.1 Å². The molecule has 1 aliphatic heterocycles. The Kier molecular flexibility index (Phi) is 7.70. The fraction of sp³-hybridized carbons (Fsp3) is 0.148. The fourth-order valence-electron chi connectivity index (χ4n) is 3.36. The lowest BCUT2D eigenvalue weighted by molar-refractivity contribution is -0.121. The molecule has 0 radical (unpaired) electrons. The molecule has 1 N–H and O–H groups in total. The van der Waals surface area contributed by atoms with E-state index in [-0.39, 0.29) is 23.9 Å². The standard InChI is InChI=1S/C27H23FN2O5S/c1-3-34-23-14-17(8-13-22(23)35-16-19-6-4-5-7-21(19)28)15-24-25(31)30(2)27(36-24)29-20-11-9-18(10-12-20)26(32)33/h4-15H,3,16H2,1-2H3,(H,32,33). The molecule has 9 heteroatoms. The Labute approximate surface area is 211 Å². The molecule has 36 heavy (non-hydrogen) atoms. The Balaban J connectivity index is 1.53. The highest BCUT2D eigenvalue weighted by atomic mass is 32.2. The number of carbonyl (C=O) groups is 2. The Morgan fingerprint density at radius 3 is 2.53 bits per heavy atom. The summed E-state index contributed by atoms with van der Waals surface area (Å²) in [6.45, 7) is 2.31. The number of carboxylic acid groups (broad SMARTS) is 1. The number of carboxylic acids is 1. The summed E-state index contributed by atoms with van der Waals surface area (Å²) in [5, 5.41) is 9.52. The number of rotatable bonds is 8. The molecule has 1 heterocycles. The number of hydrogen-bond acceptors (Lipinski definition) is 6. The lowest BCUT2D eigenvalue weighted by atomic mass is 10.1. The van der Waals surface area contributed by atoms with Gasteiger partial charge in [0.1, 0.15) is 12.4 Å². The van der Waals surface area contributed by atoms with Gasteiger partial charge in [-0.25, -0.2) is 14.2 Å². The van der Waals surface area contributed by atoms with Crippen molar-refractivity contribution in [2.75, 3.05) is 13.7 Å². The first-order valence-corrected chi connectivity index (χ1v) is 11.9.